The minimum Gasteiger partial charge on any atom is -0.370 e. The van der Waals surface area contributed by atoms with Crippen molar-refractivity contribution in [1.29, 1.82) is 0 Å². The van der Waals surface area contributed by atoms with E-state index in [9.17, 15) is 32.3 Å². The molecule has 2 saturated heterocycles. The molecule has 35 heavy (non-hydrogen) atoms. The molecule has 8 nitrogen and oxygen atoms in total. The number of primary amides is 1. The molecule has 4 amide bonds. The number of hydrogen-bond acceptors (Lipinski definition) is 5. The van der Waals surface area contributed by atoms with Gasteiger partial charge in [0.25, 0.3) is 0 Å². The predicted molar refractivity (Wildman–Crippen MR) is 118 cm³/mol. The minimum atomic E-state index is -4.74. The minimum absolute atomic E-state index is 0.0386. The van der Waals surface area contributed by atoms with Gasteiger partial charge in [0.05, 0.1) is 28.1 Å². The van der Waals surface area contributed by atoms with Crippen LogP contribution in [0.1, 0.15) is 24.0 Å². The maximum Gasteiger partial charge on any atom is 0.416 e. The fourth-order valence-electron chi connectivity index (χ4n) is 5.40. The molecule has 0 unspecified atom stereocenters. The Balaban J connectivity index is 1.65. The largest absolute Gasteiger partial charge is 0.416 e. The van der Waals surface area contributed by atoms with Gasteiger partial charge in [-0.05, 0) is 30.7 Å². The van der Waals surface area contributed by atoms with Crippen molar-refractivity contribution in [2.75, 3.05) is 10.2 Å². The zero-order valence-corrected chi connectivity index (χ0v) is 18.6. The second kappa shape index (κ2) is 7.79. The Morgan fingerprint density at radius 2 is 1.83 bits per heavy atom. The quantitative estimate of drug-likeness (QED) is 0.550. The molecule has 3 aliphatic heterocycles. The maximum atomic E-state index is 13.8. The van der Waals surface area contributed by atoms with Crippen LogP contribution in [0.25, 0.3) is 0 Å². The summed E-state index contributed by atoms with van der Waals surface area (Å²) in [6.45, 7) is 0. The molecule has 182 valence electrons. The normalized spacial score (nSPS) is 27.4. The molecule has 2 fully saturated rings. The van der Waals surface area contributed by atoms with Crippen molar-refractivity contribution in [3.05, 3.63) is 58.6 Å². The molecular weight excluding hydrogens is 489 g/mol. The summed E-state index contributed by atoms with van der Waals surface area (Å²) in [7, 11) is 0. The Kier molecular flexibility index (Phi) is 5.19. The van der Waals surface area contributed by atoms with E-state index in [0.717, 1.165) is 12.1 Å². The van der Waals surface area contributed by atoms with Gasteiger partial charge >= 0.3 is 6.18 Å². The number of imide groups is 1. The lowest BCUT2D eigenvalue weighted by Crippen LogP contribution is -2.53. The van der Waals surface area contributed by atoms with Crippen molar-refractivity contribution in [3.63, 3.8) is 0 Å². The van der Waals surface area contributed by atoms with E-state index in [1.165, 1.54) is 0 Å². The van der Waals surface area contributed by atoms with Crippen LogP contribution in [-0.2, 0) is 30.9 Å². The smallest absolute Gasteiger partial charge is 0.370 e. The highest BCUT2D eigenvalue weighted by molar-refractivity contribution is 6.36. The van der Waals surface area contributed by atoms with Crippen molar-refractivity contribution in [1.82, 2.24) is 5.32 Å². The van der Waals surface area contributed by atoms with Crippen molar-refractivity contribution < 1.29 is 32.3 Å². The zero-order chi connectivity index (χ0) is 25.3. The summed E-state index contributed by atoms with van der Waals surface area (Å²) >= 11 is 6.14. The summed E-state index contributed by atoms with van der Waals surface area (Å²) in [5, 5.41) is 5.59. The number of nitrogens with zero attached hydrogens (tertiary/aromatic N) is 1. The number of alkyl halides is 3. The van der Waals surface area contributed by atoms with Gasteiger partial charge in [0, 0.05) is 23.7 Å². The summed E-state index contributed by atoms with van der Waals surface area (Å²) in [4.78, 5) is 52.8. The molecule has 5 rings (SSSR count). The van der Waals surface area contributed by atoms with E-state index in [0.29, 0.717) is 22.2 Å². The fraction of sp³-hybridized carbons (Fsp3) is 0.304. The van der Waals surface area contributed by atoms with Crippen LogP contribution in [0.3, 0.4) is 0 Å². The molecule has 4 atom stereocenters. The van der Waals surface area contributed by atoms with Crippen LogP contribution in [0.5, 0.6) is 0 Å². The van der Waals surface area contributed by atoms with Gasteiger partial charge in [0.15, 0.2) is 0 Å². The highest BCUT2D eigenvalue weighted by Crippen LogP contribution is 2.54. The summed E-state index contributed by atoms with van der Waals surface area (Å²) < 4.78 is 40.1. The number of halogens is 4. The molecule has 0 aromatic heterocycles. The van der Waals surface area contributed by atoms with Crippen LogP contribution in [0, 0.1) is 11.8 Å². The fourth-order valence-corrected chi connectivity index (χ4v) is 5.60. The summed E-state index contributed by atoms with van der Waals surface area (Å²) in [6, 6.07) is 8.14. The van der Waals surface area contributed by atoms with E-state index in [4.69, 9.17) is 17.3 Å². The van der Waals surface area contributed by atoms with Crippen molar-refractivity contribution >= 4 is 46.6 Å². The van der Waals surface area contributed by atoms with Crippen LogP contribution in [-0.4, -0.2) is 29.7 Å². The van der Waals surface area contributed by atoms with Gasteiger partial charge in [0.1, 0.15) is 5.54 Å². The molecule has 3 heterocycles. The van der Waals surface area contributed by atoms with Crippen LogP contribution in [0.4, 0.5) is 24.5 Å². The van der Waals surface area contributed by atoms with Crippen molar-refractivity contribution in [2.24, 2.45) is 17.6 Å². The molecule has 0 saturated carbocycles. The predicted octanol–water partition coefficient (Wildman–Crippen LogP) is 2.55. The van der Waals surface area contributed by atoms with Gasteiger partial charge in [-0.2, -0.15) is 13.2 Å². The molecule has 4 N–H and O–H groups in total. The van der Waals surface area contributed by atoms with E-state index in [1.54, 1.807) is 24.3 Å². The number of nitrogens with two attached hydrogens (primary N) is 1. The zero-order valence-electron chi connectivity index (χ0n) is 17.9. The second-order valence-electron chi connectivity index (χ2n) is 8.74. The molecule has 2 aromatic rings. The molecule has 12 heteroatoms. The van der Waals surface area contributed by atoms with Gasteiger partial charge in [-0.1, -0.05) is 29.8 Å². The van der Waals surface area contributed by atoms with E-state index >= 15 is 0 Å². The number of carbonyl (C=O) groups excluding carboxylic acids is 4. The highest BCUT2D eigenvalue weighted by atomic mass is 35.5. The number of hydrogen-bond donors (Lipinski definition) is 3. The van der Waals surface area contributed by atoms with Gasteiger partial charge < -0.3 is 11.1 Å². The van der Waals surface area contributed by atoms with Crippen molar-refractivity contribution in [2.45, 2.75) is 30.6 Å². The first-order valence-corrected chi connectivity index (χ1v) is 11.1. The lowest BCUT2D eigenvalue weighted by Gasteiger charge is -2.29. The molecule has 2 aromatic carbocycles. The number of amides is 4. The molecule has 0 radical (unpaired) electrons. The van der Waals surface area contributed by atoms with Crippen molar-refractivity contribution in [3.8, 4) is 0 Å². The van der Waals surface area contributed by atoms with E-state index in [1.807, 2.05) is 0 Å². The lowest BCUT2D eigenvalue weighted by atomic mass is 9.76. The average Bonchev–Trinajstić information content (AvgIpc) is 3.37. The van der Waals surface area contributed by atoms with Gasteiger partial charge in [0.2, 0.25) is 23.6 Å². The number of anilines is 2. The number of carbonyl (C=O) groups is 4. The Morgan fingerprint density at radius 3 is 2.51 bits per heavy atom. The topological polar surface area (TPSA) is 122 Å². The third-order valence-electron chi connectivity index (χ3n) is 6.84. The Bertz CT molecular complexity index is 1300. The van der Waals surface area contributed by atoms with E-state index in [2.05, 4.69) is 10.6 Å². The monoisotopic (exact) mass is 506 g/mol. The molecule has 3 aliphatic rings. The number of fused-ring (bicyclic) bond motifs is 4. The number of rotatable bonds is 4. The summed E-state index contributed by atoms with van der Waals surface area (Å²) in [6.07, 6.45) is -4.83. The molecular formula is C23H18ClF3N4O4. The van der Waals surface area contributed by atoms with Crippen LogP contribution in [0.2, 0.25) is 5.02 Å². The molecule has 0 bridgehead atoms. The van der Waals surface area contributed by atoms with Crippen LogP contribution >= 0.6 is 11.6 Å². The highest BCUT2D eigenvalue weighted by Gasteiger charge is 2.70. The Morgan fingerprint density at radius 1 is 1.11 bits per heavy atom. The van der Waals surface area contributed by atoms with E-state index in [-0.39, 0.29) is 17.9 Å². The first kappa shape index (κ1) is 23.3. The Labute approximate surface area is 201 Å². The number of benzene rings is 2. The Hall–Kier alpha value is -3.44. The molecule has 1 spiro atoms. The van der Waals surface area contributed by atoms with Gasteiger partial charge in [-0.15, -0.1) is 0 Å². The third kappa shape index (κ3) is 3.33. The van der Waals surface area contributed by atoms with Gasteiger partial charge in [-0.3, -0.25) is 24.5 Å². The number of para-hydroxylation sites is 1. The maximum absolute atomic E-state index is 13.8. The number of nitrogens with one attached hydrogen (secondary N) is 2. The van der Waals surface area contributed by atoms with Gasteiger partial charge in [-0.25, -0.2) is 4.90 Å². The van der Waals surface area contributed by atoms with E-state index < -0.39 is 64.5 Å². The lowest BCUT2D eigenvalue weighted by molar-refractivity contribution is -0.137. The SMILES string of the molecule is NC(=O)CC[C@@H]1N[C@]2(C(=O)Nc3ccccc32)[C@H]2C(=O)N(c3cc(C(F)(F)F)ccc3Cl)C(=O)[C@@H]12. The average molecular weight is 507 g/mol. The summed E-state index contributed by atoms with van der Waals surface area (Å²) in [5.41, 5.74) is 3.00. The molecule has 0 aliphatic carbocycles. The third-order valence-corrected chi connectivity index (χ3v) is 7.16. The van der Waals surface area contributed by atoms with Crippen LogP contribution in [0.15, 0.2) is 42.5 Å². The first-order chi connectivity index (χ1) is 16.5. The second-order valence-corrected chi connectivity index (χ2v) is 9.15. The van der Waals surface area contributed by atoms with Crippen LogP contribution < -0.4 is 21.3 Å². The first-order valence-electron chi connectivity index (χ1n) is 10.7. The summed E-state index contributed by atoms with van der Waals surface area (Å²) in [5.74, 6) is -5.30. The standard InChI is InChI=1S/C23H18ClF3N4O4/c24-12-6-5-10(23(25,26)27)9-15(12)31-19(33)17-14(7-8-16(28)32)30-22(18(17)20(31)34)11-3-1-2-4-13(11)29-21(22)35/h1-6,9,14,17-18,30H,7-8H2,(H2,28,32)(H,29,35)/t14-,17-,18+,22-/m0/s1.